The lowest BCUT2D eigenvalue weighted by atomic mass is 10.1. The molecule has 1 amide bonds. The van der Waals surface area contributed by atoms with Gasteiger partial charge in [-0.05, 0) is 48.2 Å². The number of thiophene rings is 1. The van der Waals surface area contributed by atoms with E-state index in [2.05, 4.69) is 10.3 Å². The summed E-state index contributed by atoms with van der Waals surface area (Å²) in [5.74, 6) is 0.339. The highest BCUT2D eigenvalue weighted by molar-refractivity contribution is 7.21. The molecule has 0 bridgehead atoms. The van der Waals surface area contributed by atoms with Crippen molar-refractivity contribution >= 4 is 38.4 Å². The van der Waals surface area contributed by atoms with Crippen molar-refractivity contribution in [2.75, 3.05) is 0 Å². The van der Waals surface area contributed by atoms with Crippen molar-refractivity contribution in [3.05, 3.63) is 64.5 Å². The second kappa shape index (κ2) is 5.97. The summed E-state index contributed by atoms with van der Waals surface area (Å²) in [6.07, 6.45) is 0. The average Bonchev–Trinajstić information content (AvgIpc) is 3.11. The Morgan fingerprint density at radius 1 is 1.28 bits per heavy atom. The maximum atomic E-state index is 13.4. The molecule has 2 heterocycles. The monoisotopic (exact) mass is 353 g/mol. The number of benzene rings is 2. The predicted molar refractivity (Wildman–Crippen MR) is 98.4 cm³/mol. The molecule has 0 unspecified atom stereocenters. The summed E-state index contributed by atoms with van der Waals surface area (Å²) in [4.78, 5) is 17.8. The van der Waals surface area contributed by atoms with Crippen molar-refractivity contribution in [1.82, 2.24) is 14.9 Å². The molecule has 1 N–H and O–H groups in total. The highest BCUT2D eigenvalue weighted by Gasteiger charge is 2.16. The van der Waals surface area contributed by atoms with E-state index in [4.69, 9.17) is 0 Å². The number of para-hydroxylation sites is 2. The standard InChI is InChI=1S/C19H16FN3OS/c1-11-13-9-12(20)7-8-16(13)25-18(11)19(24)21-10-17-22-14-5-3-4-6-15(14)23(17)2/h3-9H,10H2,1-2H3,(H,21,24). The molecule has 0 atom stereocenters. The zero-order valence-corrected chi connectivity index (χ0v) is 14.7. The van der Waals surface area contributed by atoms with Gasteiger partial charge in [0.1, 0.15) is 11.6 Å². The first-order valence-electron chi connectivity index (χ1n) is 7.92. The molecule has 4 nitrogen and oxygen atoms in total. The maximum Gasteiger partial charge on any atom is 0.262 e. The van der Waals surface area contributed by atoms with Crippen molar-refractivity contribution in [3.8, 4) is 0 Å². The van der Waals surface area contributed by atoms with Crippen molar-refractivity contribution in [1.29, 1.82) is 0 Å². The van der Waals surface area contributed by atoms with Gasteiger partial charge in [-0.25, -0.2) is 9.37 Å². The van der Waals surface area contributed by atoms with Crippen LogP contribution in [-0.2, 0) is 13.6 Å². The van der Waals surface area contributed by atoms with Crippen LogP contribution in [0.5, 0.6) is 0 Å². The van der Waals surface area contributed by atoms with E-state index in [0.717, 1.165) is 32.5 Å². The van der Waals surface area contributed by atoms with E-state index in [1.54, 1.807) is 6.07 Å². The molecule has 4 rings (SSSR count). The number of fused-ring (bicyclic) bond motifs is 2. The first kappa shape index (κ1) is 15.8. The molecule has 0 saturated carbocycles. The second-order valence-electron chi connectivity index (χ2n) is 5.96. The van der Waals surface area contributed by atoms with Crippen molar-refractivity contribution in [2.24, 2.45) is 7.05 Å². The second-order valence-corrected chi connectivity index (χ2v) is 7.01. The van der Waals surface area contributed by atoms with Crippen LogP contribution >= 0.6 is 11.3 Å². The Morgan fingerprint density at radius 3 is 2.88 bits per heavy atom. The lowest BCUT2D eigenvalue weighted by Gasteiger charge is -2.05. The van der Waals surface area contributed by atoms with Crippen LogP contribution in [0.25, 0.3) is 21.1 Å². The van der Waals surface area contributed by atoms with Crippen molar-refractivity contribution in [2.45, 2.75) is 13.5 Å². The summed E-state index contributed by atoms with van der Waals surface area (Å²) in [5.41, 5.74) is 2.74. The van der Waals surface area contributed by atoms with Gasteiger partial charge in [-0.15, -0.1) is 11.3 Å². The molecule has 4 aromatic rings. The van der Waals surface area contributed by atoms with Gasteiger partial charge in [-0.3, -0.25) is 4.79 Å². The summed E-state index contributed by atoms with van der Waals surface area (Å²) < 4.78 is 16.3. The van der Waals surface area contributed by atoms with E-state index in [0.29, 0.717) is 11.4 Å². The highest BCUT2D eigenvalue weighted by atomic mass is 32.1. The molecule has 0 spiro atoms. The minimum atomic E-state index is -0.292. The minimum absolute atomic E-state index is 0.161. The van der Waals surface area contributed by atoms with Gasteiger partial charge >= 0.3 is 0 Å². The summed E-state index contributed by atoms with van der Waals surface area (Å²) in [5, 5.41) is 3.72. The summed E-state index contributed by atoms with van der Waals surface area (Å²) in [6, 6.07) is 12.5. The molecule has 0 aliphatic carbocycles. The number of carbonyl (C=O) groups excluding carboxylic acids is 1. The van der Waals surface area contributed by atoms with Crippen LogP contribution in [0.15, 0.2) is 42.5 Å². The molecule has 25 heavy (non-hydrogen) atoms. The Bertz CT molecular complexity index is 1110. The molecule has 0 aliphatic rings. The van der Waals surface area contributed by atoms with E-state index in [1.165, 1.54) is 23.5 Å². The van der Waals surface area contributed by atoms with Gasteiger partial charge in [-0.1, -0.05) is 12.1 Å². The van der Waals surface area contributed by atoms with E-state index in [1.807, 2.05) is 42.8 Å². The maximum absolute atomic E-state index is 13.4. The SMILES string of the molecule is Cc1c(C(=O)NCc2nc3ccccc3n2C)sc2ccc(F)cc12. The van der Waals surface area contributed by atoms with Gasteiger partial charge in [0, 0.05) is 11.7 Å². The largest absolute Gasteiger partial charge is 0.344 e. The fraction of sp³-hybridized carbons (Fsp3) is 0.158. The number of aromatic nitrogens is 2. The number of carbonyl (C=O) groups is 1. The Labute approximate surface area is 147 Å². The van der Waals surface area contributed by atoms with Gasteiger partial charge in [0.15, 0.2) is 0 Å². The smallest absolute Gasteiger partial charge is 0.262 e. The number of hydrogen-bond donors (Lipinski definition) is 1. The van der Waals surface area contributed by atoms with Gasteiger partial charge in [-0.2, -0.15) is 0 Å². The molecule has 0 aliphatic heterocycles. The van der Waals surface area contributed by atoms with Crippen molar-refractivity contribution in [3.63, 3.8) is 0 Å². The lowest BCUT2D eigenvalue weighted by Crippen LogP contribution is -2.24. The molecule has 2 aromatic heterocycles. The van der Waals surface area contributed by atoms with Crippen LogP contribution < -0.4 is 5.32 Å². The molecule has 2 aromatic carbocycles. The van der Waals surface area contributed by atoms with Gasteiger partial charge < -0.3 is 9.88 Å². The summed E-state index contributed by atoms with van der Waals surface area (Å²) in [7, 11) is 1.93. The molecule has 6 heteroatoms. The lowest BCUT2D eigenvalue weighted by molar-refractivity contribution is 0.0953. The Morgan fingerprint density at radius 2 is 2.08 bits per heavy atom. The van der Waals surface area contributed by atoms with E-state index < -0.39 is 0 Å². The molecule has 0 fully saturated rings. The van der Waals surface area contributed by atoms with Gasteiger partial charge in [0.2, 0.25) is 0 Å². The third kappa shape index (κ3) is 2.68. The van der Waals surface area contributed by atoms with Crippen LogP contribution in [0.1, 0.15) is 21.1 Å². The number of nitrogens with one attached hydrogen (secondary N) is 1. The summed E-state index contributed by atoms with van der Waals surface area (Å²) in [6.45, 7) is 2.19. The molecular weight excluding hydrogens is 337 g/mol. The van der Waals surface area contributed by atoms with Crippen LogP contribution in [0.3, 0.4) is 0 Å². The molecule has 126 valence electrons. The molecular formula is C19H16FN3OS. The number of imidazole rings is 1. The summed E-state index contributed by atoms with van der Waals surface area (Å²) >= 11 is 1.38. The van der Waals surface area contributed by atoms with Crippen LogP contribution in [0, 0.1) is 12.7 Å². The fourth-order valence-electron chi connectivity index (χ4n) is 3.00. The first-order valence-corrected chi connectivity index (χ1v) is 8.73. The quantitative estimate of drug-likeness (QED) is 0.601. The third-order valence-corrected chi connectivity index (χ3v) is 5.66. The molecule has 0 saturated heterocycles. The van der Waals surface area contributed by atoms with Gasteiger partial charge in [0.25, 0.3) is 5.91 Å². The van der Waals surface area contributed by atoms with E-state index in [-0.39, 0.29) is 11.7 Å². The van der Waals surface area contributed by atoms with E-state index >= 15 is 0 Å². The van der Waals surface area contributed by atoms with Crippen LogP contribution in [0.4, 0.5) is 4.39 Å². The van der Waals surface area contributed by atoms with Crippen molar-refractivity contribution < 1.29 is 9.18 Å². The third-order valence-electron chi connectivity index (χ3n) is 4.39. The number of halogens is 1. The number of nitrogens with zero attached hydrogens (tertiary/aromatic N) is 2. The van der Waals surface area contributed by atoms with Crippen LogP contribution in [-0.4, -0.2) is 15.5 Å². The number of rotatable bonds is 3. The zero-order valence-electron chi connectivity index (χ0n) is 13.8. The number of aryl methyl sites for hydroxylation is 2. The van der Waals surface area contributed by atoms with E-state index in [9.17, 15) is 9.18 Å². The van der Waals surface area contributed by atoms with Crippen LogP contribution in [0.2, 0.25) is 0 Å². The number of hydrogen-bond acceptors (Lipinski definition) is 3. The Kier molecular flexibility index (Phi) is 3.77. The highest BCUT2D eigenvalue weighted by Crippen LogP contribution is 2.31. The normalized spacial score (nSPS) is 11.3. The topological polar surface area (TPSA) is 46.9 Å². The average molecular weight is 353 g/mol. The fourth-order valence-corrected chi connectivity index (χ4v) is 4.11. The molecule has 0 radical (unpaired) electrons. The zero-order chi connectivity index (χ0) is 17.6. The first-order chi connectivity index (χ1) is 12.0. The Hall–Kier alpha value is -2.73. The number of amides is 1. The van der Waals surface area contributed by atoms with Gasteiger partial charge in [0.05, 0.1) is 22.5 Å². The Balaban J connectivity index is 1.59. The minimum Gasteiger partial charge on any atom is -0.344 e. The predicted octanol–water partition coefficient (Wildman–Crippen LogP) is 4.17.